The van der Waals surface area contributed by atoms with Crippen LogP contribution in [0, 0.1) is 6.92 Å². The fraction of sp³-hybridized carbons (Fsp3) is 0.300. The number of benzene rings is 1. The molecule has 3 rings (SSSR count). The van der Waals surface area contributed by atoms with E-state index in [9.17, 15) is 4.79 Å². The maximum absolute atomic E-state index is 12.6. The molecular formula is C20H22N2O. The topological polar surface area (TPSA) is 33.2 Å². The lowest BCUT2D eigenvalue weighted by molar-refractivity contribution is 0.103. The number of ketones is 1. The molecule has 0 saturated carbocycles. The van der Waals surface area contributed by atoms with Crippen LogP contribution in [0.2, 0.25) is 0 Å². The number of pyridine rings is 1. The number of aryl methyl sites for hydroxylation is 1. The largest absolute Gasteiger partial charge is 0.371 e. The lowest BCUT2D eigenvalue weighted by Gasteiger charge is -2.26. The Morgan fingerprint density at radius 2 is 1.78 bits per heavy atom. The zero-order valence-corrected chi connectivity index (χ0v) is 13.5. The van der Waals surface area contributed by atoms with Crippen molar-refractivity contribution < 1.29 is 4.79 Å². The summed E-state index contributed by atoms with van der Waals surface area (Å²) in [5.74, 6) is 0.183. The van der Waals surface area contributed by atoms with Gasteiger partial charge in [0.1, 0.15) is 0 Å². The molecule has 0 spiro atoms. The first-order chi connectivity index (χ1) is 11.2. The van der Waals surface area contributed by atoms with Crippen molar-refractivity contribution in [3.05, 3.63) is 71.6 Å². The first kappa shape index (κ1) is 15.5. The van der Waals surface area contributed by atoms with Gasteiger partial charge in [-0.05, 0) is 43.9 Å². The Bertz CT molecular complexity index is 689. The summed E-state index contributed by atoms with van der Waals surface area (Å²) in [5.41, 5.74) is 4.15. The lowest BCUT2D eigenvalue weighted by Crippen LogP contribution is -2.27. The third-order valence-electron chi connectivity index (χ3n) is 4.30. The van der Waals surface area contributed by atoms with Gasteiger partial charge in [0.25, 0.3) is 0 Å². The molecular weight excluding hydrogens is 284 g/mol. The van der Waals surface area contributed by atoms with Gasteiger partial charge in [-0.3, -0.25) is 9.78 Å². The molecule has 0 fully saturated rings. The van der Waals surface area contributed by atoms with E-state index in [0.29, 0.717) is 0 Å². The number of anilines is 1. The molecule has 1 aromatic carbocycles. The molecule has 0 N–H and O–H groups in total. The van der Waals surface area contributed by atoms with Crippen molar-refractivity contribution in [2.75, 3.05) is 18.0 Å². The number of carbonyl (C=O) groups excluding carboxylic acids is 1. The Kier molecular flexibility index (Phi) is 4.86. The summed E-state index contributed by atoms with van der Waals surface area (Å²) in [6.07, 6.45) is 8.51. The van der Waals surface area contributed by atoms with Gasteiger partial charge in [0, 0.05) is 36.7 Å². The van der Waals surface area contributed by atoms with Crippen LogP contribution >= 0.6 is 0 Å². The van der Waals surface area contributed by atoms with E-state index in [2.05, 4.69) is 16.0 Å². The molecule has 1 aromatic heterocycles. The van der Waals surface area contributed by atoms with Gasteiger partial charge in [0.15, 0.2) is 5.78 Å². The predicted molar refractivity (Wildman–Crippen MR) is 93.9 cm³/mol. The second-order valence-corrected chi connectivity index (χ2v) is 6.01. The van der Waals surface area contributed by atoms with E-state index in [1.807, 2.05) is 55.7 Å². The fourth-order valence-corrected chi connectivity index (χ4v) is 2.98. The van der Waals surface area contributed by atoms with Crippen molar-refractivity contribution in [3.63, 3.8) is 0 Å². The first-order valence-electron chi connectivity index (χ1n) is 8.19. The molecule has 2 aromatic rings. The summed E-state index contributed by atoms with van der Waals surface area (Å²) >= 11 is 0. The Morgan fingerprint density at radius 3 is 2.52 bits per heavy atom. The highest BCUT2D eigenvalue weighted by Gasteiger charge is 2.15. The summed E-state index contributed by atoms with van der Waals surface area (Å²) in [6, 6.07) is 12.0. The molecule has 0 radical (unpaired) electrons. The van der Waals surface area contributed by atoms with Crippen LogP contribution in [0.4, 0.5) is 5.69 Å². The number of hydrogen-bond acceptors (Lipinski definition) is 3. The number of allylic oxidation sites excluding steroid dienone is 1. The van der Waals surface area contributed by atoms with Crippen LogP contribution in [0.1, 0.15) is 35.2 Å². The van der Waals surface area contributed by atoms with Crippen molar-refractivity contribution in [3.8, 4) is 0 Å². The van der Waals surface area contributed by atoms with Crippen molar-refractivity contribution in [1.29, 1.82) is 0 Å². The Labute approximate surface area is 137 Å². The summed E-state index contributed by atoms with van der Waals surface area (Å²) in [6.45, 7) is 3.95. The van der Waals surface area contributed by atoms with Gasteiger partial charge in [-0.25, -0.2) is 0 Å². The minimum absolute atomic E-state index is 0.183. The summed E-state index contributed by atoms with van der Waals surface area (Å²) in [7, 11) is 0. The van der Waals surface area contributed by atoms with E-state index in [0.717, 1.165) is 43.5 Å². The Balaban J connectivity index is 1.69. The normalized spacial score (nSPS) is 15.5. The molecule has 1 aliphatic rings. The van der Waals surface area contributed by atoms with Gasteiger partial charge in [-0.1, -0.05) is 35.9 Å². The summed E-state index contributed by atoms with van der Waals surface area (Å²) in [4.78, 5) is 19.1. The molecule has 118 valence electrons. The van der Waals surface area contributed by atoms with Crippen LogP contribution in [0.5, 0.6) is 0 Å². The first-order valence-corrected chi connectivity index (χ1v) is 8.19. The molecule has 3 nitrogen and oxygen atoms in total. The molecule has 0 aliphatic carbocycles. The minimum atomic E-state index is 0.183. The van der Waals surface area contributed by atoms with Gasteiger partial charge < -0.3 is 4.90 Å². The van der Waals surface area contributed by atoms with Crippen LogP contribution in [-0.2, 0) is 0 Å². The molecule has 0 unspecified atom stereocenters. The molecule has 3 heteroatoms. The number of nitrogens with zero attached hydrogens (tertiary/aromatic N) is 2. The van der Waals surface area contributed by atoms with Crippen molar-refractivity contribution in [2.45, 2.75) is 26.2 Å². The summed E-state index contributed by atoms with van der Waals surface area (Å²) in [5, 5.41) is 0. The average molecular weight is 306 g/mol. The zero-order valence-electron chi connectivity index (χ0n) is 13.5. The Morgan fingerprint density at radius 1 is 1.04 bits per heavy atom. The Hall–Kier alpha value is -2.42. The average Bonchev–Trinajstić information content (AvgIpc) is 2.56. The maximum Gasteiger partial charge on any atom is 0.188 e. The maximum atomic E-state index is 12.6. The second-order valence-electron chi connectivity index (χ2n) is 6.01. The van der Waals surface area contributed by atoms with Gasteiger partial charge in [-0.15, -0.1) is 0 Å². The van der Waals surface area contributed by atoms with Crippen LogP contribution in [0.15, 0.2) is 60.4 Å². The highest BCUT2D eigenvalue weighted by Crippen LogP contribution is 2.21. The standard InChI is InChI=1S/C20H22N2O/c1-16-6-8-18(9-7-16)20(23)17-4-2-14-22(15-3-5-17)19-10-12-21-13-11-19/h4,6-13H,2-3,5,14-15H2,1H3. The third-order valence-corrected chi connectivity index (χ3v) is 4.30. The van der Waals surface area contributed by atoms with Crippen LogP contribution in [-0.4, -0.2) is 23.9 Å². The van der Waals surface area contributed by atoms with Crippen molar-refractivity contribution in [2.24, 2.45) is 0 Å². The minimum Gasteiger partial charge on any atom is -0.371 e. The van der Waals surface area contributed by atoms with E-state index < -0.39 is 0 Å². The number of Topliss-reactive ketones (excluding diaryl/α,β-unsaturated/α-hetero) is 1. The highest BCUT2D eigenvalue weighted by atomic mass is 16.1. The van der Waals surface area contributed by atoms with Crippen LogP contribution in [0.25, 0.3) is 0 Å². The van der Waals surface area contributed by atoms with Gasteiger partial charge in [-0.2, -0.15) is 0 Å². The van der Waals surface area contributed by atoms with Gasteiger partial charge in [0.2, 0.25) is 0 Å². The molecule has 0 amide bonds. The fourth-order valence-electron chi connectivity index (χ4n) is 2.98. The monoisotopic (exact) mass is 306 g/mol. The highest BCUT2D eigenvalue weighted by molar-refractivity contribution is 6.08. The number of hydrogen-bond donors (Lipinski definition) is 0. The zero-order chi connectivity index (χ0) is 16.1. The van der Waals surface area contributed by atoms with E-state index in [4.69, 9.17) is 0 Å². The van der Waals surface area contributed by atoms with Gasteiger partial charge >= 0.3 is 0 Å². The number of carbonyl (C=O) groups is 1. The smallest absolute Gasteiger partial charge is 0.188 e. The third kappa shape index (κ3) is 3.86. The van der Waals surface area contributed by atoms with E-state index in [-0.39, 0.29) is 5.78 Å². The molecule has 0 saturated heterocycles. The molecule has 0 atom stereocenters. The second kappa shape index (κ2) is 7.23. The number of rotatable bonds is 3. The van der Waals surface area contributed by atoms with Crippen LogP contribution in [0.3, 0.4) is 0 Å². The van der Waals surface area contributed by atoms with E-state index in [1.54, 1.807) is 0 Å². The predicted octanol–water partition coefficient (Wildman–Crippen LogP) is 4.19. The molecule has 2 heterocycles. The molecule has 0 bridgehead atoms. The summed E-state index contributed by atoms with van der Waals surface area (Å²) < 4.78 is 0. The van der Waals surface area contributed by atoms with Crippen molar-refractivity contribution >= 4 is 11.5 Å². The quantitative estimate of drug-likeness (QED) is 0.797. The number of aromatic nitrogens is 1. The van der Waals surface area contributed by atoms with E-state index in [1.165, 1.54) is 11.3 Å². The van der Waals surface area contributed by atoms with E-state index >= 15 is 0 Å². The SMILES string of the molecule is Cc1ccc(C(=O)C2=CCCN(c3ccncc3)CCC2)cc1. The lowest BCUT2D eigenvalue weighted by atomic mass is 9.96. The van der Waals surface area contributed by atoms with Crippen LogP contribution < -0.4 is 4.90 Å². The molecule has 23 heavy (non-hydrogen) atoms. The van der Waals surface area contributed by atoms with Gasteiger partial charge in [0.05, 0.1) is 0 Å². The molecule has 1 aliphatic heterocycles. The van der Waals surface area contributed by atoms with Crippen molar-refractivity contribution in [1.82, 2.24) is 4.98 Å².